The van der Waals surface area contributed by atoms with Crippen LogP contribution in [0.4, 0.5) is 24.5 Å². The van der Waals surface area contributed by atoms with Crippen LogP contribution in [0, 0.1) is 13.8 Å². The Labute approximate surface area is 182 Å². The van der Waals surface area contributed by atoms with Crippen molar-refractivity contribution in [3.63, 3.8) is 0 Å². The third-order valence-electron chi connectivity index (χ3n) is 4.90. The summed E-state index contributed by atoms with van der Waals surface area (Å²) in [7, 11) is 0. The highest BCUT2D eigenvalue weighted by Crippen LogP contribution is 2.44. The van der Waals surface area contributed by atoms with Gasteiger partial charge in [-0.3, -0.25) is 24.3 Å². The molecule has 0 aromatic heterocycles. The Balaban J connectivity index is 2.11. The second-order valence-corrected chi connectivity index (χ2v) is 7.53. The molecular weight excluding hydrogens is 425 g/mol. The lowest BCUT2D eigenvalue weighted by Gasteiger charge is -2.20. The van der Waals surface area contributed by atoms with Crippen LogP contribution in [0.3, 0.4) is 0 Å². The number of nitrogens with zero attached hydrogens (tertiary/aromatic N) is 2. The lowest BCUT2D eigenvalue weighted by molar-refractivity contribution is -0.137. The molecule has 32 heavy (non-hydrogen) atoms. The van der Waals surface area contributed by atoms with E-state index in [1.807, 2.05) is 6.07 Å². The molecule has 0 aliphatic carbocycles. The van der Waals surface area contributed by atoms with Crippen LogP contribution in [0.15, 0.2) is 42.6 Å². The smallest absolute Gasteiger partial charge is 0.370 e. The molecule has 2 aromatic carbocycles. The number of anilines is 2. The normalized spacial score (nSPS) is 14.6. The lowest BCUT2D eigenvalue weighted by atomic mass is 10.1. The van der Waals surface area contributed by atoms with E-state index < -0.39 is 29.5 Å². The molecule has 7 nitrogen and oxygen atoms in total. The number of hydrogen-bond acceptors (Lipinski definition) is 4. The molecule has 168 valence electrons. The number of aryl methyl sites for hydroxylation is 2. The van der Waals surface area contributed by atoms with Gasteiger partial charge in [0.2, 0.25) is 11.8 Å². The minimum Gasteiger partial charge on any atom is -0.370 e. The van der Waals surface area contributed by atoms with E-state index in [9.17, 15) is 27.6 Å². The summed E-state index contributed by atoms with van der Waals surface area (Å²) in [4.78, 5) is 37.5. The Kier molecular flexibility index (Phi) is 6.09. The maximum Gasteiger partial charge on any atom is 0.416 e. The number of amides is 3. The zero-order chi connectivity index (χ0) is 23.8. The second kappa shape index (κ2) is 8.46. The van der Waals surface area contributed by atoms with Gasteiger partial charge in [0.15, 0.2) is 0 Å². The molecule has 1 aliphatic rings. The number of hydrazine groups is 1. The minimum absolute atomic E-state index is 0.0269. The molecule has 0 spiro atoms. The van der Waals surface area contributed by atoms with Crippen LogP contribution < -0.4 is 16.5 Å². The molecular formula is C22H21F3N4O3. The second-order valence-electron chi connectivity index (χ2n) is 7.53. The molecule has 0 saturated carbocycles. The Morgan fingerprint density at radius 1 is 1.06 bits per heavy atom. The predicted molar refractivity (Wildman–Crippen MR) is 112 cm³/mol. The number of primary amides is 1. The van der Waals surface area contributed by atoms with E-state index in [0.717, 1.165) is 34.4 Å². The monoisotopic (exact) mass is 446 g/mol. The molecule has 0 atom stereocenters. The van der Waals surface area contributed by atoms with Gasteiger partial charge in [-0.25, -0.2) is 5.84 Å². The van der Waals surface area contributed by atoms with Crippen molar-refractivity contribution in [1.29, 1.82) is 0 Å². The van der Waals surface area contributed by atoms with Crippen molar-refractivity contribution in [1.82, 2.24) is 5.01 Å². The van der Waals surface area contributed by atoms with Gasteiger partial charge in [-0.1, -0.05) is 12.1 Å². The average molecular weight is 446 g/mol. The van der Waals surface area contributed by atoms with E-state index in [0.29, 0.717) is 10.7 Å². The first kappa shape index (κ1) is 23.0. The topological polar surface area (TPSA) is 110 Å². The molecule has 0 fully saturated rings. The average Bonchev–Trinajstić information content (AvgIpc) is 2.95. The first-order valence-electron chi connectivity index (χ1n) is 9.59. The quantitative estimate of drug-likeness (QED) is 0.318. The maximum atomic E-state index is 13.3. The summed E-state index contributed by atoms with van der Waals surface area (Å²) in [6.45, 7) is 3.61. The van der Waals surface area contributed by atoms with Gasteiger partial charge in [-0.2, -0.15) is 13.2 Å². The fourth-order valence-electron chi connectivity index (χ4n) is 3.50. The first-order valence-corrected chi connectivity index (χ1v) is 9.59. The molecule has 3 rings (SSSR count). The van der Waals surface area contributed by atoms with Crippen molar-refractivity contribution in [2.45, 2.75) is 32.9 Å². The van der Waals surface area contributed by atoms with Crippen LogP contribution in [0.2, 0.25) is 0 Å². The summed E-state index contributed by atoms with van der Waals surface area (Å²) in [5.74, 6) is 3.73. The van der Waals surface area contributed by atoms with Gasteiger partial charge in [-0.15, -0.1) is 0 Å². The molecule has 0 bridgehead atoms. The maximum absolute atomic E-state index is 13.3. The number of hydrogen-bond donors (Lipinski definition) is 2. The predicted octanol–water partition coefficient (Wildman–Crippen LogP) is 3.31. The van der Waals surface area contributed by atoms with Gasteiger partial charge < -0.3 is 5.73 Å². The van der Waals surface area contributed by atoms with Gasteiger partial charge >= 0.3 is 6.18 Å². The van der Waals surface area contributed by atoms with Gasteiger partial charge in [0.1, 0.15) is 0 Å². The van der Waals surface area contributed by atoms with Gasteiger partial charge in [-0.05, 0) is 49.2 Å². The third kappa shape index (κ3) is 4.65. The highest BCUT2D eigenvalue weighted by Gasteiger charge is 2.38. The largest absolute Gasteiger partial charge is 0.416 e. The molecule has 3 amide bonds. The van der Waals surface area contributed by atoms with Crippen molar-refractivity contribution < 1.29 is 27.6 Å². The van der Waals surface area contributed by atoms with E-state index >= 15 is 0 Å². The lowest BCUT2D eigenvalue weighted by Crippen LogP contribution is -2.34. The zero-order valence-corrected chi connectivity index (χ0v) is 17.4. The van der Waals surface area contributed by atoms with Crippen molar-refractivity contribution in [3.05, 3.63) is 64.9 Å². The number of carbonyl (C=O) groups excluding carboxylic acids is 3. The third-order valence-corrected chi connectivity index (χ3v) is 4.90. The van der Waals surface area contributed by atoms with Gasteiger partial charge in [0.25, 0.3) is 5.91 Å². The van der Waals surface area contributed by atoms with E-state index in [4.69, 9.17) is 11.6 Å². The van der Waals surface area contributed by atoms with E-state index in [1.54, 1.807) is 26.0 Å². The SMILES string of the molecule is Cc1cc(C)cc(N2C(=O)/C(=C\N(N)C(=O)CCC(N)=O)c3ccc(C(F)(F)F)cc32)c1. The van der Waals surface area contributed by atoms with Crippen LogP contribution in [-0.4, -0.2) is 22.7 Å². The number of halogens is 3. The summed E-state index contributed by atoms with van der Waals surface area (Å²) in [6.07, 6.45) is -4.06. The summed E-state index contributed by atoms with van der Waals surface area (Å²) in [6, 6.07) is 8.15. The summed E-state index contributed by atoms with van der Waals surface area (Å²) in [5, 5.41) is 0.641. The Morgan fingerprint density at radius 3 is 2.25 bits per heavy atom. The molecule has 0 radical (unpaired) electrons. The van der Waals surface area contributed by atoms with Crippen molar-refractivity contribution in [2.24, 2.45) is 11.6 Å². The molecule has 10 heteroatoms. The van der Waals surface area contributed by atoms with Crippen molar-refractivity contribution in [3.8, 4) is 0 Å². The summed E-state index contributed by atoms with van der Waals surface area (Å²) < 4.78 is 40.0. The highest BCUT2D eigenvalue weighted by molar-refractivity contribution is 6.35. The zero-order valence-electron chi connectivity index (χ0n) is 17.4. The molecule has 1 aliphatic heterocycles. The van der Waals surface area contributed by atoms with E-state index in [1.165, 1.54) is 6.07 Å². The number of benzene rings is 2. The number of fused-ring (bicyclic) bond motifs is 1. The van der Waals surface area contributed by atoms with Crippen LogP contribution in [0.5, 0.6) is 0 Å². The van der Waals surface area contributed by atoms with E-state index in [-0.39, 0.29) is 29.7 Å². The number of rotatable bonds is 5. The Hall–Kier alpha value is -3.66. The minimum atomic E-state index is -4.61. The van der Waals surface area contributed by atoms with Crippen LogP contribution in [0.25, 0.3) is 5.57 Å². The first-order chi connectivity index (χ1) is 14.9. The number of nitrogens with two attached hydrogens (primary N) is 2. The summed E-state index contributed by atoms with van der Waals surface area (Å²) in [5.41, 5.74) is 6.31. The molecule has 2 aromatic rings. The van der Waals surface area contributed by atoms with Crippen LogP contribution in [0.1, 0.15) is 35.1 Å². The number of alkyl halides is 3. The van der Waals surface area contributed by atoms with Crippen LogP contribution >= 0.6 is 0 Å². The molecule has 1 heterocycles. The Bertz CT molecular complexity index is 1120. The van der Waals surface area contributed by atoms with Crippen LogP contribution in [-0.2, 0) is 20.6 Å². The molecule has 0 saturated heterocycles. The standard InChI is InChI=1S/C22H21F3N4O3/c1-12-7-13(2)9-15(8-12)29-18-10-14(22(23,24)25)3-4-16(18)17(21(29)32)11-28(27)20(31)6-5-19(26)30/h3-4,7-11H,5-6,27H2,1-2H3,(H2,26,30)/b17-11-. The summed E-state index contributed by atoms with van der Waals surface area (Å²) >= 11 is 0. The van der Waals surface area contributed by atoms with Crippen molar-refractivity contribution in [2.75, 3.05) is 4.90 Å². The molecule has 4 N–H and O–H groups in total. The Morgan fingerprint density at radius 2 is 1.69 bits per heavy atom. The van der Waals surface area contributed by atoms with Gasteiger partial charge in [0.05, 0.1) is 16.8 Å². The van der Waals surface area contributed by atoms with Crippen molar-refractivity contribution >= 4 is 34.7 Å². The van der Waals surface area contributed by atoms with E-state index in [2.05, 4.69) is 0 Å². The molecule has 0 unspecified atom stereocenters. The highest BCUT2D eigenvalue weighted by atomic mass is 19.4. The van der Waals surface area contributed by atoms with Gasteiger partial charge in [0, 0.05) is 30.3 Å². The fraction of sp³-hybridized carbons (Fsp3) is 0.227. The number of carbonyl (C=O) groups is 3. The fourth-order valence-corrected chi connectivity index (χ4v) is 3.50.